The molecule has 0 atom stereocenters. The Morgan fingerprint density at radius 1 is 1.25 bits per heavy atom. The number of nitrogens with zero attached hydrogens (tertiary/aromatic N) is 1. The van der Waals surface area contributed by atoms with Crippen molar-refractivity contribution >= 4 is 35.2 Å². The quantitative estimate of drug-likeness (QED) is 0.684. The van der Waals surface area contributed by atoms with Crippen LogP contribution in [0.3, 0.4) is 0 Å². The number of nitrogens with one attached hydrogen (secondary N) is 1. The van der Waals surface area contributed by atoms with Gasteiger partial charge < -0.3 is 14.5 Å². The van der Waals surface area contributed by atoms with Crippen LogP contribution in [0.2, 0.25) is 0 Å². The lowest BCUT2D eigenvalue weighted by Gasteiger charge is -2.28. The van der Waals surface area contributed by atoms with Crippen molar-refractivity contribution in [1.29, 1.82) is 0 Å². The number of benzene rings is 1. The fraction of sp³-hybridized carbons (Fsp3) is 0.118. The summed E-state index contributed by atoms with van der Waals surface area (Å²) in [5.74, 6) is -0.947. The van der Waals surface area contributed by atoms with Gasteiger partial charge >= 0.3 is 5.97 Å². The van der Waals surface area contributed by atoms with Crippen LogP contribution in [-0.4, -0.2) is 30.9 Å². The van der Waals surface area contributed by atoms with Crippen molar-refractivity contribution in [3.63, 3.8) is 0 Å². The van der Waals surface area contributed by atoms with E-state index >= 15 is 0 Å². The molecule has 1 aromatic carbocycles. The number of para-hydroxylation sites is 2. The molecule has 122 valence electrons. The van der Waals surface area contributed by atoms with Gasteiger partial charge in [-0.25, -0.2) is 4.79 Å². The Bertz CT molecular complexity index is 795. The molecule has 1 aromatic heterocycles. The zero-order valence-corrected chi connectivity index (χ0v) is 12.6. The van der Waals surface area contributed by atoms with Crippen molar-refractivity contribution in [2.45, 2.75) is 0 Å². The first kappa shape index (κ1) is 15.5. The zero-order valence-electron chi connectivity index (χ0n) is 12.6. The molecule has 0 saturated carbocycles. The Morgan fingerprint density at radius 2 is 2.08 bits per heavy atom. The van der Waals surface area contributed by atoms with E-state index < -0.39 is 18.5 Å². The van der Waals surface area contributed by atoms with E-state index in [1.807, 2.05) is 0 Å². The number of ether oxygens (including phenoxy) is 1. The Kier molecular flexibility index (Phi) is 4.42. The van der Waals surface area contributed by atoms with Crippen LogP contribution in [0.5, 0.6) is 0 Å². The summed E-state index contributed by atoms with van der Waals surface area (Å²) in [4.78, 5) is 36.9. The van der Waals surface area contributed by atoms with E-state index in [4.69, 9.17) is 9.15 Å². The second kappa shape index (κ2) is 6.82. The molecule has 2 aromatic rings. The Hall–Kier alpha value is -3.35. The SMILES string of the molecule is O=C1CN(C(=O)COC(=O)/C=C/c2ccco2)c2ccccc2N1. The van der Waals surface area contributed by atoms with E-state index in [2.05, 4.69) is 5.32 Å². The number of furan rings is 1. The van der Waals surface area contributed by atoms with Gasteiger partial charge in [0.2, 0.25) is 5.91 Å². The van der Waals surface area contributed by atoms with Gasteiger partial charge in [-0.1, -0.05) is 12.1 Å². The molecule has 2 heterocycles. The predicted molar refractivity (Wildman–Crippen MR) is 86.1 cm³/mol. The highest BCUT2D eigenvalue weighted by Gasteiger charge is 2.26. The molecule has 0 radical (unpaired) electrons. The summed E-state index contributed by atoms with van der Waals surface area (Å²) in [6.45, 7) is -0.571. The average molecular weight is 326 g/mol. The average Bonchev–Trinajstić information content (AvgIpc) is 3.10. The number of anilines is 2. The van der Waals surface area contributed by atoms with Crippen molar-refractivity contribution in [3.8, 4) is 0 Å². The minimum absolute atomic E-state index is 0.115. The number of esters is 1. The molecule has 1 aliphatic rings. The Morgan fingerprint density at radius 3 is 2.88 bits per heavy atom. The molecule has 7 nitrogen and oxygen atoms in total. The van der Waals surface area contributed by atoms with Gasteiger partial charge in [-0.2, -0.15) is 0 Å². The van der Waals surface area contributed by atoms with Gasteiger partial charge in [-0.15, -0.1) is 0 Å². The third-order valence-corrected chi connectivity index (χ3v) is 3.34. The second-order valence-electron chi connectivity index (χ2n) is 5.00. The molecule has 2 amide bonds. The fourth-order valence-electron chi connectivity index (χ4n) is 2.25. The molecular weight excluding hydrogens is 312 g/mol. The van der Waals surface area contributed by atoms with Crippen LogP contribution in [0.1, 0.15) is 5.76 Å². The van der Waals surface area contributed by atoms with Crippen LogP contribution < -0.4 is 10.2 Å². The van der Waals surface area contributed by atoms with Crippen molar-refractivity contribution in [1.82, 2.24) is 0 Å². The number of carbonyl (C=O) groups is 3. The Balaban J connectivity index is 1.61. The zero-order chi connectivity index (χ0) is 16.9. The van der Waals surface area contributed by atoms with E-state index in [1.54, 1.807) is 36.4 Å². The molecule has 1 N–H and O–H groups in total. The van der Waals surface area contributed by atoms with Gasteiger partial charge in [-0.3, -0.25) is 14.5 Å². The summed E-state index contributed by atoms with van der Waals surface area (Å²) < 4.78 is 9.96. The maximum absolute atomic E-state index is 12.3. The van der Waals surface area contributed by atoms with Crippen LogP contribution in [0.15, 0.2) is 53.2 Å². The topological polar surface area (TPSA) is 88.8 Å². The molecule has 1 aliphatic heterocycles. The molecule has 0 spiro atoms. The lowest BCUT2D eigenvalue weighted by molar-refractivity contribution is -0.143. The predicted octanol–water partition coefficient (Wildman–Crippen LogP) is 1.82. The monoisotopic (exact) mass is 326 g/mol. The van der Waals surface area contributed by atoms with E-state index in [0.717, 1.165) is 0 Å². The van der Waals surface area contributed by atoms with Crippen LogP contribution in [-0.2, 0) is 19.1 Å². The summed E-state index contributed by atoms with van der Waals surface area (Å²) in [7, 11) is 0. The van der Waals surface area contributed by atoms with Gasteiger partial charge in [0.05, 0.1) is 17.6 Å². The number of rotatable bonds is 4. The number of amides is 2. The van der Waals surface area contributed by atoms with Crippen molar-refractivity contribution in [2.24, 2.45) is 0 Å². The van der Waals surface area contributed by atoms with Gasteiger partial charge in [0.15, 0.2) is 6.61 Å². The standard InChI is InChI=1S/C17H14N2O5/c20-15-10-19(14-6-2-1-5-13(14)18-15)16(21)11-24-17(22)8-7-12-4-3-9-23-12/h1-9H,10-11H2,(H,18,20)/b8-7+. The molecule has 3 rings (SSSR count). The lowest BCUT2D eigenvalue weighted by Crippen LogP contribution is -2.43. The highest BCUT2D eigenvalue weighted by atomic mass is 16.5. The molecule has 24 heavy (non-hydrogen) atoms. The summed E-state index contributed by atoms with van der Waals surface area (Å²) in [6.07, 6.45) is 4.09. The maximum Gasteiger partial charge on any atom is 0.331 e. The normalized spacial score (nSPS) is 13.5. The van der Waals surface area contributed by atoms with Crippen molar-refractivity contribution in [3.05, 3.63) is 54.5 Å². The largest absolute Gasteiger partial charge is 0.465 e. The molecule has 0 saturated heterocycles. The third kappa shape index (κ3) is 3.52. The first-order chi connectivity index (χ1) is 11.6. The van der Waals surface area contributed by atoms with Gasteiger partial charge in [0.1, 0.15) is 12.3 Å². The maximum atomic E-state index is 12.3. The van der Waals surface area contributed by atoms with E-state index in [9.17, 15) is 14.4 Å². The summed E-state index contributed by atoms with van der Waals surface area (Å²) in [6, 6.07) is 10.3. The van der Waals surface area contributed by atoms with Gasteiger partial charge in [-0.05, 0) is 30.3 Å². The van der Waals surface area contributed by atoms with Crippen molar-refractivity contribution in [2.75, 3.05) is 23.4 Å². The third-order valence-electron chi connectivity index (χ3n) is 3.34. The highest BCUT2D eigenvalue weighted by molar-refractivity contribution is 6.10. The summed E-state index contributed by atoms with van der Waals surface area (Å²) in [5.41, 5.74) is 1.12. The van der Waals surface area contributed by atoms with Crippen LogP contribution >= 0.6 is 0 Å². The van der Waals surface area contributed by atoms with E-state index in [-0.39, 0.29) is 12.5 Å². The number of fused-ring (bicyclic) bond motifs is 1. The Labute approximate surface area is 137 Å². The molecule has 0 fully saturated rings. The number of carbonyl (C=O) groups excluding carboxylic acids is 3. The second-order valence-corrected chi connectivity index (χ2v) is 5.00. The lowest BCUT2D eigenvalue weighted by atomic mass is 10.2. The first-order valence-corrected chi connectivity index (χ1v) is 7.21. The van der Waals surface area contributed by atoms with Crippen LogP contribution in [0, 0.1) is 0 Å². The summed E-state index contributed by atoms with van der Waals surface area (Å²) >= 11 is 0. The van der Waals surface area contributed by atoms with E-state index in [0.29, 0.717) is 17.1 Å². The van der Waals surface area contributed by atoms with Gasteiger partial charge in [0.25, 0.3) is 5.91 Å². The summed E-state index contributed by atoms with van der Waals surface area (Å²) in [5, 5.41) is 2.68. The molecule has 0 unspecified atom stereocenters. The van der Waals surface area contributed by atoms with Crippen LogP contribution in [0.25, 0.3) is 6.08 Å². The smallest absolute Gasteiger partial charge is 0.331 e. The fourth-order valence-corrected chi connectivity index (χ4v) is 2.25. The molecular formula is C17H14N2O5. The molecule has 0 bridgehead atoms. The number of hydrogen-bond acceptors (Lipinski definition) is 5. The van der Waals surface area contributed by atoms with Gasteiger partial charge in [0, 0.05) is 6.08 Å². The molecule has 7 heteroatoms. The van der Waals surface area contributed by atoms with Crippen molar-refractivity contribution < 1.29 is 23.5 Å². The minimum atomic E-state index is -0.672. The number of hydrogen-bond donors (Lipinski definition) is 1. The highest BCUT2D eigenvalue weighted by Crippen LogP contribution is 2.28. The van der Waals surface area contributed by atoms with E-state index in [1.165, 1.54) is 23.3 Å². The minimum Gasteiger partial charge on any atom is -0.465 e. The molecule has 0 aliphatic carbocycles. The van der Waals surface area contributed by atoms with Crippen LogP contribution in [0.4, 0.5) is 11.4 Å². The first-order valence-electron chi connectivity index (χ1n) is 7.21.